The van der Waals surface area contributed by atoms with Gasteiger partial charge in [0.15, 0.2) is 0 Å². The molecule has 0 aliphatic heterocycles. The Bertz CT molecular complexity index is 310. The number of benzene rings is 1. The van der Waals surface area contributed by atoms with Gasteiger partial charge in [-0.05, 0) is 12.1 Å². The average molecular weight is 203 g/mol. The average Bonchev–Trinajstić information content (AvgIpc) is 2.02. The normalized spacial score (nSPS) is 9.77. The lowest BCUT2D eigenvalue weighted by Crippen LogP contribution is -2.12. The summed E-state index contributed by atoms with van der Waals surface area (Å²) < 4.78 is 25.1. The highest BCUT2D eigenvalue weighted by molar-refractivity contribution is 7.81. The lowest BCUT2D eigenvalue weighted by Gasteiger charge is -2.02. The molecule has 2 nitrogen and oxygen atoms in total. The van der Waals surface area contributed by atoms with E-state index in [4.69, 9.17) is 0 Å². The maximum atomic E-state index is 12.6. The Kier molecular flexibility index (Phi) is 3.25. The Morgan fingerprint density at radius 3 is 2.31 bits per heavy atom. The summed E-state index contributed by atoms with van der Waals surface area (Å²) in [6.45, 7) is 0. The largest absolute Gasteiger partial charge is 0.325 e. The van der Waals surface area contributed by atoms with Crippen molar-refractivity contribution in [3.8, 4) is 0 Å². The Morgan fingerprint density at radius 2 is 1.85 bits per heavy atom. The summed E-state index contributed by atoms with van der Waals surface area (Å²) in [4.78, 5) is 10.8. The standard InChI is InChI=1S/C8H7F2NOS/c9-5-1-6(10)3-7(2-5)11-8(12)4-13/h1-3,13H,4H2,(H,11,12). The zero-order chi connectivity index (χ0) is 9.84. The molecule has 1 N–H and O–H groups in total. The molecule has 0 heterocycles. The monoisotopic (exact) mass is 203 g/mol. The predicted octanol–water partition coefficient (Wildman–Crippen LogP) is 1.83. The van der Waals surface area contributed by atoms with Gasteiger partial charge in [-0.2, -0.15) is 12.6 Å². The zero-order valence-electron chi connectivity index (χ0n) is 6.55. The van der Waals surface area contributed by atoms with E-state index in [-0.39, 0.29) is 11.4 Å². The topological polar surface area (TPSA) is 29.1 Å². The second kappa shape index (κ2) is 4.23. The van der Waals surface area contributed by atoms with Gasteiger partial charge in [-0.1, -0.05) is 0 Å². The van der Waals surface area contributed by atoms with Gasteiger partial charge in [0.2, 0.25) is 5.91 Å². The molecule has 0 aliphatic rings. The number of carbonyl (C=O) groups is 1. The minimum absolute atomic E-state index is 0.0296. The molecule has 0 saturated carbocycles. The van der Waals surface area contributed by atoms with Crippen LogP contribution >= 0.6 is 12.6 Å². The molecule has 1 rings (SSSR count). The molecule has 0 bridgehead atoms. The summed E-state index contributed by atoms with van der Waals surface area (Å²) in [7, 11) is 0. The molecule has 0 aliphatic carbocycles. The molecule has 5 heteroatoms. The number of anilines is 1. The summed E-state index contributed by atoms with van der Waals surface area (Å²) >= 11 is 3.70. The minimum atomic E-state index is -0.727. The van der Waals surface area contributed by atoms with Gasteiger partial charge < -0.3 is 5.32 Å². The maximum Gasteiger partial charge on any atom is 0.234 e. The third-order valence-electron chi connectivity index (χ3n) is 1.29. The van der Waals surface area contributed by atoms with E-state index in [0.29, 0.717) is 0 Å². The fourth-order valence-corrected chi connectivity index (χ4v) is 0.906. The number of nitrogens with one attached hydrogen (secondary N) is 1. The van der Waals surface area contributed by atoms with E-state index in [2.05, 4.69) is 17.9 Å². The fraction of sp³-hybridized carbons (Fsp3) is 0.125. The molecular formula is C8H7F2NOS. The van der Waals surface area contributed by atoms with Gasteiger partial charge in [-0.15, -0.1) is 0 Å². The lowest BCUT2D eigenvalue weighted by molar-refractivity contribution is -0.113. The number of carbonyl (C=O) groups excluding carboxylic acids is 1. The van der Waals surface area contributed by atoms with Gasteiger partial charge in [0.1, 0.15) is 11.6 Å². The fourth-order valence-electron chi connectivity index (χ4n) is 0.827. The van der Waals surface area contributed by atoms with Crippen molar-refractivity contribution in [2.75, 3.05) is 11.1 Å². The van der Waals surface area contributed by atoms with Crippen molar-refractivity contribution in [2.24, 2.45) is 0 Å². The molecule has 1 aromatic carbocycles. The van der Waals surface area contributed by atoms with Gasteiger partial charge in [0.05, 0.1) is 5.75 Å². The van der Waals surface area contributed by atoms with Crippen molar-refractivity contribution in [3.05, 3.63) is 29.8 Å². The van der Waals surface area contributed by atoms with Gasteiger partial charge in [-0.25, -0.2) is 8.78 Å². The second-order valence-electron chi connectivity index (χ2n) is 2.36. The molecule has 0 fully saturated rings. The van der Waals surface area contributed by atoms with Gasteiger partial charge in [0, 0.05) is 11.8 Å². The van der Waals surface area contributed by atoms with E-state index in [1.54, 1.807) is 0 Å². The number of hydrogen-bond donors (Lipinski definition) is 2. The third kappa shape index (κ3) is 3.02. The molecular weight excluding hydrogens is 196 g/mol. The van der Waals surface area contributed by atoms with Crippen molar-refractivity contribution in [1.82, 2.24) is 0 Å². The highest BCUT2D eigenvalue weighted by Gasteiger charge is 2.02. The van der Waals surface area contributed by atoms with Crippen molar-refractivity contribution in [1.29, 1.82) is 0 Å². The maximum absolute atomic E-state index is 12.6. The SMILES string of the molecule is O=C(CS)Nc1cc(F)cc(F)c1. The summed E-state index contributed by atoms with van der Waals surface area (Å²) in [6.07, 6.45) is 0. The molecule has 70 valence electrons. The van der Waals surface area contributed by atoms with Gasteiger partial charge in [-0.3, -0.25) is 4.79 Å². The molecule has 1 amide bonds. The molecule has 0 radical (unpaired) electrons. The minimum Gasteiger partial charge on any atom is -0.325 e. The Balaban J connectivity index is 2.83. The highest BCUT2D eigenvalue weighted by atomic mass is 32.1. The smallest absolute Gasteiger partial charge is 0.234 e. The number of halogens is 2. The first-order valence-corrected chi connectivity index (χ1v) is 4.12. The third-order valence-corrected chi connectivity index (χ3v) is 1.58. The summed E-state index contributed by atoms with van der Waals surface area (Å²) in [5.74, 6) is -1.89. The van der Waals surface area contributed by atoms with E-state index in [1.807, 2.05) is 0 Å². The highest BCUT2D eigenvalue weighted by Crippen LogP contribution is 2.12. The van der Waals surface area contributed by atoms with Crippen LogP contribution in [0.4, 0.5) is 14.5 Å². The number of thiol groups is 1. The van der Waals surface area contributed by atoms with Crippen LogP contribution in [0.15, 0.2) is 18.2 Å². The number of rotatable bonds is 2. The number of hydrogen-bond acceptors (Lipinski definition) is 2. The van der Waals surface area contributed by atoms with E-state index < -0.39 is 17.5 Å². The lowest BCUT2D eigenvalue weighted by atomic mass is 10.3. The van der Waals surface area contributed by atoms with E-state index in [9.17, 15) is 13.6 Å². The summed E-state index contributed by atoms with van der Waals surface area (Å²) in [6, 6.07) is 2.80. The van der Waals surface area contributed by atoms with Crippen LogP contribution in [0.5, 0.6) is 0 Å². The van der Waals surface area contributed by atoms with Gasteiger partial charge in [0.25, 0.3) is 0 Å². The van der Waals surface area contributed by atoms with Gasteiger partial charge >= 0.3 is 0 Å². The van der Waals surface area contributed by atoms with Crippen LogP contribution in [-0.2, 0) is 4.79 Å². The molecule has 0 unspecified atom stereocenters. The number of amides is 1. The van der Waals surface area contributed by atoms with Crippen LogP contribution in [0, 0.1) is 11.6 Å². The van der Waals surface area contributed by atoms with Crippen LogP contribution in [0.1, 0.15) is 0 Å². The zero-order valence-corrected chi connectivity index (χ0v) is 7.44. The molecule has 0 aromatic heterocycles. The van der Waals surface area contributed by atoms with Crippen LogP contribution in [0.25, 0.3) is 0 Å². The first-order valence-electron chi connectivity index (χ1n) is 3.48. The first-order chi connectivity index (χ1) is 6.11. The van der Waals surface area contributed by atoms with Crippen molar-refractivity contribution in [2.45, 2.75) is 0 Å². The molecule has 0 spiro atoms. The van der Waals surface area contributed by atoms with Crippen LogP contribution in [0.3, 0.4) is 0 Å². The predicted molar refractivity (Wildman–Crippen MR) is 48.8 cm³/mol. The summed E-state index contributed by atoms with van der Waals surface area (Å²) in [5.41, 5.74) is 0.0940. The van der Waals surface area contributed by atoms with E-state index >= 15 is 0 Å². The van der Waals surface area contributed by atoms with Crippen molar-refractivity contribution >= 4 is 24.2 Å². The second-order valence-corrected chi connectivity index (χ2v) is 2.68. The molecule has 13 heavy (non-hydrogen) atoms. The van der Waals surface area contributed by atoms with E-state index in [0.717, 1.165) is 18.2 Å². The molecule has 0 saturated heterocycles. The van der Waals surface area contributed by atoms with Crippen molar-refractivity contribution < 1.29 is 13.6 Å². The summed E-state index contributed by atoms with van der Waals surface area (Å²) in [5, 5.41) is 2.28. The van der Waals surface area contributed by atoms with Crippen LogP contribution in [-0.4, -0.2) is 11.7 Å². The van der Waals surface area contributed by atoms with Crippen LogP contribution < -0.4 is 5.32 Å². The van der Waals surface area contributed by atoms with Crippen LogP contribution in [0.2, 0.25) is 0 Å². The molecule has 0 atom stereocenters. The first kappa shape index (κ1) is 9.98. The van der Waals surface area contributed by atoms with Crippen molar-refractivity contribution in [3.63, 3.8) is 0 Å². The Labute approximate surface area is 79.4 Å². The van der Waals surface area contributed by atoms with E-state index in [1.165, 1.54) is 0 Å². The Morgan fingerprint density at radius 1 is 1.31 bits per heavy atom. The molecule has 1 aromatic rings. The quantitative estimate of drug-likeness (QED) is 0.705. The Hall–Kier alpha value is -1.10.